The highest BCUT2D eigenvalue weighted by Crippen LogP contribution is 2.19. The largest absolute Gasteiger partial charge is 0.484 e. The summed E-state index contributed by atoms with van der Waals surface area (Å²) < 4.78 is 5.43. The highest BCUT2D eigenvalue weighted by atomic mass is 32.1. The number of aromatic nitrogens is 1. The van der Waals surface area contributed by atoms with Crippen molar-refractivity contribution in [1.29, 1.82) is 0 Å². The highest BCUT2D eigenvalue weighted by molar-refractivity contribution is 7.11. The van der Waals surface area contributed by atoms with Gasteiger partial charge in [-0.15, -0.1) is 11.3 Å². The lowest BCUT2D eigenvalue weighted by molar-refractivity contribution is -0.123. The van der Waals surface area contributed by atoms with Gasteiger partial charge in [-0.3, -0.25) is 9.59 Å². The van der Waals surface area contributed by atoms with Gasteiger partial charge in [0.05, 0.1) is 17.2 Å². The number of carbonyl (C=O) groups is 2. The zero-order chi connectivity index (χ0) is 17.5. The molecule has 1 heterocycles. The van der Waals surface area contributed by atoms with Crippen LogP contribution in [0.1, 0.15) is 46.2 Å². The van der Waals surface area contributed by atoms with Crippen molar-refractivity contribution in [3.8, 4) is 5.75 Å². The number of hydrogen-bond acceptors (Lipinski definition) is 5. The Kier molecular flexibility index (Phi) is 6.49. The molecule has 0 spiro atoms. The monoisotopic (exact) mass is 346 g/mol. The summed E-state index contributed by atoms with van der Waals surface area (Å²) in [6, 6.07) is 6.75. The van der Waals surface area contributed by atoms with Crippen LogP contribution in [0.15, 0.2) is 24.3 Å². The summed E-state index contributed by atoms with van der Waals surface area (Å²) >= 11 is 1.65. The van der Waals surface area contributed by atoms with Gasteiger partial charge in [0.1, 0.15) is 5.75 Å². The van der Waals surface area contributed by atoms with E-state index < -0.39 is 0 Å². The number of nitrogens with zero attached hydrogens (tertiary/aromatic N) is 1. The van der Waals surface area contributed by atoms with E-state index in [9.17, 15) is 9.59 Å². The molecule has 0 aliphatic rings. The van der Waals surface area contributed by atoms with Gasteiger partial charge in [-0.2, -0.15) is 0 Å². The lowest BCUT2D eigenvalue weighted by Crippen LogP contribution is -2.28. The third-order valence-corrected chi connectivity index (χ3v) is 4.69. The first kappa shape index (κ1) is 18.1. The molecule has 1 aromatic carbocycles. The standard InChI is InChI=1S/C18H22N2O3S/c1-4-5-18-20-12(2)16(24-18)10-19-17(22)11-23-15-8-6-14(7-9-15)13(3)21/h6-9H,4-5,10-11H2,1-3H3,(H,19,22). The molecule has 0 bridgehead atoms. The van der Waals surface area contributed by atoms with Crippen LogP contribution >= 0.6 is 11.3 Å². The van der Waals surface area contributed by atoms with Crippen molar-refractivity contribution in [3.05, 3.63) is 45.4 Å². The van der Waals surface area contributed by atoms with Crippen LogP contribution in [0.5, 0.6) is 5.75 Å². The predicted molar refractivity (Wildman–Crippen MR) is 94.6 cm³/mol. The van der Waals surface area contributed by atoms with Gasteiger partial charge in [0.25, 0.3) is 5.91 Å². The molecule has 0 aliphatic carbocycles. The number of aryl methyl sites for hydroxylation is 2. The third kappa shape index (κ3) is 5.16. The minimum absolute atomic E-state index is 0.00154. The fourth-order valence-corrected chi connectivity index (χ4v) is 3.25. The van der Waals surface area contributed by atoms with E-state index in [1.807, 2.05) is 6.92 Å². The van der Waals surface area contributed by atoms with E-state index in [2.05, 4.69) is 17.2 Å². The molecule has 2 rings (SSSR count). The summed E-state index contributed by atoms with van der Waals surface area (Å²) in [6.45, 7) is 6.01. The summed E-state index contributed by atoms with van der Waals surface area (Å²) in [6.07, 6.45) is 2.04. The first-order valence-corrected chi connectivity index (χ1v) is 8.77. The van der Waals surface area contributed by atoms with E-state index in [-0.39, 0.29) is 18.3 Å². The molecular weight excluding hydrogens is 324 g/mol. The number of hydrogen-bond donors (Lipinski definition) is 1. The van der Waals surface area contributed by atoms with E-state index in [0.29, 0.717) is 17.9 Å². The topological polar surface area (TPSA) is 68.3 Å². The molecule has 1 N–H and O–H groups in total. The van der Waals surface area contributed by atoms with Crippen LogP contribution in [0.25, 0.3) is 0 Å². The number of ether oxygens (including phenoxy) is 1. The molecule has 0 radical (unpaired) electrons. The molecule has 5 nitrogen and oxygen atoms in total. The molecule has 6 heteroatoms. The average molecular weight is 346 g/mol. The molecule has 0 unspecified atom stereocenters. The third-order valence-electron chi connectivity index (χ3n) is 3.48. The second kappa shape index (κ2) is 8.59. The minimum atomic E-state index is -0.185. The van der Waals surface area contributed by atoms with Crippen LogP contribution in [0.3, 0.4) is 0 Å². The molecule has 0 aliphatic heterocycles. The van der Waals surface area contributed by atoms with Crippen molar-refractivity contribution in [2.75, 3.05) is 6.61 Å². The van der Waals surface area contributed by atoms with E-state index >= 15 is 0 Å². The van der Waals surface area contributed by atoms with Gasteiger partial charge in [0, 0.05) is 10.4 Å². The SMILES string of the molecule is CCCc1nc(C)c(CNC(=O)COc2ccc(C(C)=O)cc2)s1. The van der Waals surface area contributed by atoms with Crippen LogP contribution in [-0.4, -0.2) is 23.3 Å². The molecule has 1 amide bonds. The molecule has 0 saturated carbocycles. The Bertz CT molecular complexity index is 708. The Balaban J connectivity index is 1.80. The fourth-order valence-electron chi connectivity index (χ4n) is 2.14. The van der Waals surface area contributed by atoms with Gasteiger partial charge in [-0.1, -0.05) is 6.92 Å². The minimum Gasteiger partial charge on any atom is -0.484 e. The molecule has 0 atom stereocenters. The van der Waals surface area contributed by atoms with Gasteiger partial charge in [-0.05, 0) is 51.0 Å². The lowest BCUT2D eigenvalue weighted by atomic mass is 10.1. The summed E-state index contributed by atoms with van der Waals surface area (Å²) in [5, 5.41) is 3.96. The van der Waals surface area contributed by atoms with Gasteiger partial charge in [-0.25, -0.2) is 4.98 Å². The highest BCUT2D eigenvalue weighted by Gasteiger charge is 2.09. The number of benzene rings is 1. The number of ketones is 1. The molecule has 0 saturated heterocycles. The van der Waals surface area contributed by atoms with Gasteiger partial charge < -0.3 is 10.1 Å². The summed E-state index contributed by atoms with van der Waals surface area (Å²) in [4.78, 5) is 28.7. The first-order chi connectivity index (χ1) is 11.5. The van der Waals surface area contributed by atoms with Crippen molar-refractivity contribution in [2.24, 2.45) is 0 Å². The van der Waals surface area contributed by atoms with E-state index in [0.717, 1.165) is 28.4 Å². The molecule has 1 aromatic heterocycles. The fraction of sp³-hybridized carbons (Fsp3) is 0.389. The Morgan fingerprint density at radius 3 is 2.58 bits per heavy atom. The van der Waals surface area contributed by atoms with Crippen molar-refractivity contribution < 1.29 is 14.3 Å². The van der Waals surface area contributed by atoms with Gasteiger partial charge in [0.15, 0.2) is 12.4 Å². The maximum atomic E-state index is 11.9. The number of Topliss-reactive ketones (excluding diaryl/α,β-unsaturated/α-hetero) is 1. The van der Waals surface area contributed by atoms with Crippen molar-refractivity contribution in [3.63, 3.8) is 0 Å². The number of rotatable bonds is 8. The quantitative estimate of drug-likeness (QED) is 0.745. The molecule has 2 aromatic rings. The van der Waals surface area contributed by atoms with Crippen LogP contribution in [0.2, 0.25) is 0 Å². The normalized spacial score (nSPS) is 10.5. The van der Waals surface area contributed by atoms with Crippen LogP contribution in [-0.2, 0) is 17.8 Å². The molecule has 24 heavy (non-hydrogen) atoms. The van der Waals surface area contributed by atoms with Gasteiger partial charge >= 0.3 is 0 Å². The maximum Gasteiger partial charge on any atom is 0.258 e. The van der Waals surface area contributed by atoms with Crippen LogP contribution in [0, 0.1) is 6.92 Å². The Morgan fingerprint density at radius 1 is 1.25 bits per heavy atom. The summed E-state index contributed by atoms with van der Waals surface area (Å²) in [5.74, 6) is 0.381. The smallest absolute Gasteiger partial charge is 0.258 e. The van der Waals surface area contributed by atoms with Crippen molar-refractivity contribution in [2.45, 2.75) is 40.2 Å². The maximum absolute atomic E-state index is 11.9. The zero-order valence-electron chi connectivity index (χ0n) is 14.2. The molecule has 0 fully saturated rings. The second-order valence-electron chi connectivity index (χ2n) is 5.51. The van der Waals surface area contributed by atoms with Crippen molar-refractivity contribution >= 4 is 23.0 Å². The number of thiazole rings is 1. The summed E-state index contributed by atoms with van der Waals surface area (Å²) in [5.41, 5.74) is 1.60. The van der Waals surface area contributed by atoms with Crippen LogP contribution in [0.4, 0.5) is 0 Å². The summed E-state index contributed by atoms with van der Waals surface area (Å²) in [7, 11) is 0. The first-order valence-electron chi connectivity index (χ1n) is 7.95. The number of nitrogens with one attached hydrogen (secondary N) is 1. The van der Waals surface area contributed by atoms with E-state index in [4.69, 9.17) is 4.74 Å². The number of amides is 1. The number of carbonyl (C=O) groups excluding carboxylic acids is 2. The molecule has 128 valence electrons. The molecular formula is C18H22N2O3S. The lowest BCUT2D eigenvalue weighted by Gasteiger charge is -2.07. The average Bonchev–Trinajstić information content (AvgIpc) is 2.91. The zero-order valence-corrected chi connectivity index (χ0v) is 15.0. The van der Waals surface area contributed by atoms with Crippen LogP contribution < -0.4 is 10.1 Å². The van der Waals surface area contributed by atoms with Crippen molar-refractivity contribution in [1.82, 2.24) is 10.3 Å². The Morgan fingerprint density at radius 2 is 1.96 bits per heavy atom. The van der Waals surface area contributed by atoms with E-state index in [1.54, 1.807) is 35.6 Å². The van der Waals surface area contributed by atoms with E-state index in [1.165, 1.54) is 6.92 Å². The van der Waals surface area contributed by atoms with Gasteiger partial charge in [0.2, 0.25) is 0 Å². The predicted octanol–water partition coefficient (Wildman–Crippen LogP) is 3.30. The Labute approximate surface area is 146 Å². The Hall–Kier alpha value is -2.21. The second-order valence-corrected chi connectivity index (χ2v) is 6.68.